The number of imide groups is 1. The number of hydrogen-bond acceptors (Lipinski definition) is 5. The lowest BCUT2D eigenvalue weighted by Crippen LogP contribution is -2.37. The summed E-state index contributed by atoms with van der Waals surface area (Å²) < 4.78 is 10.7. The molecule has 0 atom stereocenters. The molecule has 2 aliphatic heterocycles. The molecule has 0 unspecified atom stereocenters. The summed E-state index contributed by atoms with van der Waals surface area (Å²) in [5.41, 5.74) is 1.30. The first-order valence-electron chi connectivity index (χ1n) is 6.05. The van der Waals surface area contributed by atoms with Gasteiger partial charge in [0.25, 0.3) is 11.8 Å². The Hall–Kier alpha value is -2.44. The predicted molar refractivity (Wildman–Crippen MR) is 66.5 cm³/mol. The highest BCUT2D eigenvalue weighted by molar-refractivity contribution is 6.25. The Morgan fingerprint density at radius 3 is 2.80 bits per heavy atom. The van der Waals surface area contributed by atoms with Crippen molar-refractivity contribution in [1.29, 1.82) is 0 Å². The van der Waals surface area contributed by atoms with Crippen molar-refractivity contribution in [2.75, 3.05) is 6.79 Å². The van der Waals surface area contributed by atoms with Gasteiger partial charge < -0.3 is 9.47 Å². The number of fused-ring (bicyclic) bond motifs is 2. The molecule has 2 aromatic carbocycles. The molecule has 0 radical (unpaired) electrons. The number of amides is 2. The molecule has 4 rings (SSSR count). The number of rotatable bonds is 0. The van der Waals surface area contributed by atoms with Gasteiger partial charge in [0.05, 0.1) is 17.7 Å². The second kappa shape index (κ2) is 3.78. The number of hydroxylamine groups is 2. The molecule has 2 amide bonds. The Morgan fingerprint density at radius 2 is 1.95 bits per heavy atom. The summed E-state index contributed by atoms with van der Waals surface area (Å²) in [7, 11) is 0. The van der Waals surface area contributed by atoms with Gasteiger partial charge in [-0.15, -0.1) is 5.06 Å². The maximum atomic E-state index is 12.1. The first-order chi connectivity index (χ1) is 9.68. The molecule has 6 nitrogen and oxygen atoms in total. The van der Waals surface area contributed by atoms with Crippen molar-refractivity contribution in [2.45, 2.75) is 6.61 Å². The molecule has 20 heavy (non-hydrogen) atoms. The molecule has 0 saturated carbocycles. The van der Waals surface area contributed by atoms with Gasteiger partial charge in [0.15, 0.2) is 6.79 Å². The van der Waals surface area contributed by atoms with Crippen molar-refractivity contribution < 1.29 is 24.3 Å². The summed E-state index contributed by atoms with van der Waals surface area (Å²) in [5.74, 6) is -0.823. The minimum Gasteiger partial charge on any atom is -0.467 e. The van der Waals surface area contributed by atoms with E-state index in [1.54, 1.807) is 24.3 Å². The highest BCUT2D eigenvalue weighted by Crippen LogP contribution is 2.39. The van der Waals surface area contributed by atoms with Gasteiger partial charge in [0.2, 0.25) is 0 Å². The lowest BCUT2D eigenvalue weighted by molar-refractivity contribution is -0.0379. The topological polar surface area (TPSA) is 76.1 Å². The Balaban J connectivity index is 2.17. The number of carbonyl (C=O) groups is 2. The van der Waals surface area contributed by atoms with Gasteiger partial charge in [-0.1, -0.05) is 12.1 Å². The SMILES string of the molecule is O=C1c2cccc3c4c(cc(c23)C(=O)N1O)COCO4. The molecule has 1 N–H and O–H groups in total. The molecule has 0 aromatic heterocycles. The number of nitrogens with zero attached hydrogens (tertiary/aromatic N) is 1. The van der Waals surface area contributed by atoms with Crippen LogP contribution >= 0.6 is 0 Å². The fraction of sp³-hybridized carbons (Fsp3) is 0.143. The average molecular weight is 271 g/mol. The van der Waals surface area contributed by atoms with Crippen LogP contribution in [-0.2, 0) is 11.3 Å². The summed E-state index contributed by atoms with van der Waals surface area (Å²) in [6.07, 6.45) is 0. The molecule has 2 aliphatic rings. The highest BCUT2D eigenvalue weighted by atomic mass is 16.7. The van der Waals surface area contributed by atoms with Crippen molar-refractivity contribution in [1.82, 2.24) is 5.06 Å². The minimum atomic E-state index is -0.730. The summed E-state index contributed by atoms with van der Waals surface area (Å²) in [4.78, 5) is 24.0. The van der Waals surface area contributed by atoms with Crippen LogP contribution in [0.15, 0.2) is 24.3 Å². The Labute approximate surface area is 113 Å². The third-order valence-electron chi connectivity index (χ3n) is 3.58. The van der Waals surface area contributed by atoms with E-state index in [2.05, 4.69) is 0 Å². The summed E-state index contributed by atoms with van der Waals surface area (Å²) in [6.45, 7) is 0.467. The van der Waals surface area contributed by atoms with Crippen LogP contribution in [0.4, 0.5) is 0 Å². The van der Waals surface area contributed by atoms with E-state index < -0.39 is 11.8 Å². The number of carbonyl (C=O) groups excluding carboxylic acids is 2. The number of hydrogen-bond donors (Lipinski definition) is 1. The van der Waals surface area contributed by atoms with E-state index in [4.69, 9.17) is 9.47 Å². The van der Waals surface area contributed by atoms with Crippen LogP contribution < -0.4 is 4.74 Å². The summed E-state index contributed by atoms with van der Waals surface area (Å²) >= 11 is 0. The Kier molecular flexibility index (Phi) is 2.15. The Bertz CT molecular complexity index is 783. The van der Waals surface area contributed by atoms with Gasteiger partial charge in [0.1, 0.15) is 5.75 Å². The van der Waals surface area contributed by atoms with Gasteiger partial charge in [-0.05, 0) is 12.1 Å². The molecular weight excluding hydrogens is 262 g/mol. The predicted octanol–water partition coefficient (Wildman–Crippen LogP) is 1.69. The van der Waals surface area contributed by atoms with Crippen LogP contribution in [0.1, 0.15) is 26.3 Å². The van der Waals surface area contributed by atoms with Crippen LogP contribution in [0.3, 0.4) is 0 Å². The van der Waals surface area contributed by atoms with E-state index in [0.717, 1.165) is 5.56 Å². The monoisotopic (exact) mass is 271 g/mol. The zero-order chi connectivity index (χ0) is 13.9. The molecule has 0 spiro atoms. The molecule has 2 heterocycles. The second-order valence-electron chi connectivity index (χ2n) is 4.67. The number of benzene rings is 2. The van der Waals surface area contributed by atoms with E-state index >= 15 is 0 Å². The molecule has 0 bridgehead atoms. The van der Waals surface area contributed by atoms with Crippen LogP contribution in [0.25, 0.3) is 10.8 Å². The first kappa shape index (κ1) is 11.4. The zero-order valence-corrected chi connectivity index (χ0v) is 10.3. The largest absolute Gasteiger partial charge is 0.467 e. The van der Waals surface area contributed by atoms with E-state index in [1.165, 1.54) is 0 Å². The molecule has 0 saturated heterocycles. The van der Waals surface area contributed by atoms with Crippen molar-refractivity contribution in [2.24, 2.45) is 0 Å². The summed E-state index contributed by atoms with van der Waals surface area (Å²) in [5, 5.41) is 11.0. The van der Waals surface area contributed by atoms with Crippen molar-refractivity contribution in [3.05, 3.63) is 41.0 Å². The lowest BCUT2D eigenvalue weighted by atomic mass is 9.92. The molecule has 6 heteroatoms. The third kappa shape index (κ3) is 1.29. The molecular formula is C14H9NO5. The van der Waals surface area contributed by atoms with E-state index in [-0.39, 0.29) is 23.0 Å². The van der Waals surface area contributed by atoms with E-state index in [9.17, 15) is 14.8 Å². The van der Waals surface area contributed by atoms with Gasteiger partial charge >= 0.3 is 0 Å². The van der Waals surface area contributed by atoms with Crippen LogP contribution in [-0.4, -0.2) is 28.9 Å². The normalized spacial score (nSPS) is 17.1. The maximum Gasteiger partial charge on any atom is 0.285 e. The fourth-order valence-corrected chi connectivity index (χ4v) is 2.71. The zero-order valence-electron chi connectivity index (χ0n) is 10.3. The third-order valence-corrected chi connectivity index (χ3v) is 3.58. The molecule has 0 aliphatic carbocycles. The fourth-order valence-electron chi connectivity index (χ4n) is 2.71. The minimum absolute atomic E-state index is 0.139. The number of ether oxygens (including phenoxy) is 2. The van der Waals surface area contributed by atoms with Crippen molar-refractivity contribution >= 4 is 22.6 Å². The summed E-state index contributed by atoms with van der Waals surface area (Å²) in [6, 6.07) is 6.68. The quantitative estimate of drug-likeness (QED) is 0.583. The van der Waals surface area contributed by atoms with E-state index in [1.807, 2.05) is 0 Å². The van der Waals surface area contributed by atoms with Gasteiger partial charge in [-0.2, -0.15) is 0 Å². The molecule has 0 fully saturated rings. The second-order valence-corrected chi connectivity index (χ2v) is 4.67. The smallest absolute Gasteiger partial charge is 0.285 e. The molecule has 2 aromatic rings. The van der Waals surface area contributed by atoms with Crippen LogP contribution in [0, 0.1) is 0 Å². The van der Waals surface area contributed by atoms with Gasteiger partial charge in [-0.25, -0.2) is 0 Å². The van der Waals surface area contributed by atoms with Gasteiger partial charge in [0, 0.05) is 16.3 Å². The highest BCUT2D eigenvalue weighted by Gasteiger charge is 2.34. The standard InChI is InChI=1S/C14H9NO5/c16-13-9-3-1-2-8-11(9)10(14(17)15(13)18)4-7-5-19-6-20-12(7)8/h1-4,18H,5-6H2. The van der Waals surface area contributed by atoms with Crippen molar-refractivity contribution in [3.8, 4) is 5.75 Å². The van der Waals surface area contributed by atoms with E-state index in [0.29, 0.717) is 23.1 Å². The average Bonchev–Trinajstić information content (AvgIpc) is 2.50. The first-order valence-corrected chi connectivity index (χ1v) is 6.05. The maximum absolute atomic E-state index is 12.1. The lowest BCUT2D eigenvalue weighted by Gasteiger charge is -2.26. The van der Waals surface area contributed by atoms with Gasteiger partial charge in [-0.3, -0.25) is 14.8 Å². The van der Waals surface area contributed by atoms with Crippen LogP contribution in [0.5, 0.6) is 5.75 Å². The van der Waals surface area contributed by atoms with Crippen LogP contribution in [0.2, 0.25) is 0 Å². The molecule has 100 valence electrons. The Morgan fingerprint density at radius 1 is 1.15 bits per heavy atom. The van der Waals surface area contributed by atoms with Crippen molar-refractivity contribution in [3.63, 3.8) is 0 Å².